The smallest absolute Gasteiger partial charge is 0.269 e. The van der Waals surface area contributed by atoms with E-state index in [2.05, 4.69) is 26.2 Å². The van der Waals surface area contributed by atoms with Gasteiger partial charge in [0.1, 0.15) is 11.6 Å². The molecule has 2 amide bonds. The van der Waals surface area contributed by atoms with Crippen LogP contribution in [-0.2, 0) is 11.3 Å². The summed E-state index contributed by atoms with van der Waals surface area (Å²) in [5, 5.41) is 2.90. The third kappa shape index (κ3) is 2.94. The van der Waals surface area contributed by atoms with Crippen molar-refractivity contribution >= 4 is 27.7 Å². The Hall–Kier alpha value is -2.22. The molecule has 3 aliphatic rings. The highest BCUT2D eigenvalue weighted by Crippen LogP contribution is 2.53. The van der Waals surface area contributed by atoms with Crippen LogP contribution in [0.3, 0.4) is 0 Å². The van der Waals surface area contributed by atoms with Crippen molar-refractivity contribution < 1.29 is 14.0 Å². The molecule has 2 aliphatic heterocycles. The second kappa shape index (κ2) is 6.40. The SMILES string of the molecule is CC(C)(C)C(=O)NCc1c(C(N)=O)nc2n1C1CC(C1)c1cc(F)c(Br)cc1-2. The van der Waals surface area contributed by atoms with Gasteiger partial charge in [0.2, 0.25) is 5.91 Å². The van der Waals surface area contributed by atoms with Crippen molar-refractivity contribution in [3.63, 3.8) is 0 Å². The number of imidazole rings is 1. The van der Waals surface area contributed by atoms with Crippen molar-refractivity contribution in [2.75, 3.05) is 0 Å². The summed E-state index contributed by atoms with van der Waals surface area (Å²) in [7, 11) is 0. The highest BCUT2D eigenvalue weighted by molar-refractivity contribution is 9.10. The number of hydrogen-bond acceptors (Lipinski definition) is 3. The van der Waals surface area contributed by atoms with Gasteiger partial charge in [-0.05, 0) is 52.4 Å². The van der Waals surface area contributed by atoms with Gasteiger partial charge in [-0.3, -0.25) is 9.59 Å². The maximum absolute atomic E-state index is 14.1. The lowest BCUT2D eigenvalue weighted by Crippen LogP contribution is -2.36. The summed E-state index contributed by atoms with van der Waals surface area (Å²) in [6, 6.07) is 3.42. The van der Waals surface area contributed by atoms with Crippen LogP contribution >= 0.6 is 15.9 Å². The Bertz CT molecular complexity index is 1000. The van der Waals surface area contributed by atoms with Gasteiger partial charge in [-0.25, -0.2) is 9.37 Å². The number of primary amides is 1. The number of nitrogens with two attached hydrogens (primary N) is 1. The van der Waals surface area contributed by atoms with Crippen LogP contribution in [0.2, 0.25) is 0 Å². The summed E-state index contributed by atoms with van der Waals surface area (Å²) in [4.78, 5) is 29.0. The van der Waals surface area contributed by atoms with E-state index in [1.807, 2.05) is 25.3 Å². The first kappa shape index (κ1) is 19.1. The zero-order chi connectivity index (χ0) is 20.4. The summed E-state index contributed by atoms with van der Waals surface area (Å²) in [6.07, 6.45) is 1.69. The second-order valence-electron chi connectivity index (χ2n) is 8.57. The molecule has 0 atom stereocenters. The molecule has 0 saturated heterocycles. The Morgan fingerprint density at radius 2 is 2.04 bits per heavy atom. The number of nitrogens with zero attached hydrogens (tertiary/aromatic N) is 2. The quantitative estimate of drug-likeness (QED) is 0.750. The third-order valence-electron chi connectivity index (χ3n) is 5.59. The molecule has 1 aromatic carbocycles. The van der Waals surface area contributed by atoms with E-state index >= 15 is 0 Å². The molecule has 6 nitrogen and oxygen atoms in total. The van der Waals surface area contributed by atoms with Gasteiger partial charge in [-0.1, -0.05) is 20.8 Å². The standard InChI is InChI=1S/C20H22BrFN4O2/c1-20(2,3)19(28)24-8-15-16(17(23)27)25-18-12-6-13(21)14(22)7-11(12)9-4-10(5-9)26(15)18/h6-7,9-10H,4-5,8H2,1-3H3,(H2,23,27)(H,24,28). The Morgan fingerprint density at radius 3 is 2.64 bits per heavy atom. The van der Waals surface area contributed by atoms with E-state index in [-0.39, 0.29) is 35.9 Å². The molecule has 3 heterocycles. The molecule has 1 aliphatic carbocycles. The van der Waals surface area contributed by atoms with Crippen LogP contribution in [-0.4, -0.2) is 21.4 Å². The first-order valence-corrected chi connectivity index (χ1v) is 10.1. The molecule has 2 aromatic rings. The van der Waals surface area contributed by atoms with Gasteiger partial charge >= 0.3 is 0 Å². The molecular formula is C20H22BrFN4O2. The molecule has 28 heavy (non-hydrogen) atoms. The summed E-state index contributed by atoms with van der Waals surface area (Å²) in [5.41, 5.74) is 7.51. The number of nitrogens with one attached hydrogen (secondary N) is 1. The molecular weight excluding hydrogens is 427 g/mol. The van der Waals surface area contributed by atoms with Crippen LogP contribution in [0.1, 0.15) is 67.3 Å². The molecule has 3 N–H and O–H groups in total. The van der Waals surface area contributed by atoms with Crippen molar-refractivity contribution in [1.29, 1.82) is 0 Å². The first-order chi connectivity index (χ1) is 13.1. The lowest BCUT2D eigenvalue weighted by molar-refractivity contribution is -0.128. The van der Waals surface area contributed by atoms with Gasteiger partial charge in [-0.2, -0.15) is 0 Å². The van der Waals surface area contributed by atoms with Gasteiger partial charge in [0.25, 0.3) is 5.91 Å². The highest BCUT2D eigenvalue weighted by atomic mass is 79.9. The van der Waals surface area contributed by atoms with Crippen LogP contribution < -0.4 is 11.1 Å². The van der Waals surface area contributed by atoms with Crippen LogP contribution in [0, 0.1) is 11.2 Å². The maximum Gasteiger partial charge on any atom is 0.269 e. The predicted octanol–water partition coefficient (Wildman–Crippen LogP) is 3.65. The molecule has 0 radical (unpaired) electrons. The number of carbonyl (C=O) groups is 2. The molecule has 1 saturated carbocycles. The molecule has 1 fully saturated rings. The van der Waals surface area contributed by atoms with Gasteiger partial charge in [-0.15, -0.1) is 0 Å². The molecule has 8 heteroatoms. The Morgan fingerprint density at radius 1 is 1.36 bits per heavy atom. The van der Waals surface area contributed by atoms with Gasteiger partial charge in [0.15, 0.2) is 5.69 Å². The summed E-state index contributed by atoms with van der Waals surface area (Å²) >= 11 is 3.25. The van der Waals surface area contributed by atoms with Crippen molar-refractivity contribution in [3.05, 3.63) is 39.4 Å². The number of carbonyl (C=O) groups excluding carboxylic acids is 2. The topological polar surface area (TPSA) is 90.0 Å². The molecule has 2 bridgehead atoms. The first-order valence-electron chi connectivity index (χ1n) is 9.26. The fourth-order valence-electron chi connectivity index (χ4n) is 3.99. The number of halogens is 2. The number of hydrogen-bond donors (Lipinski definition) is 2. The van der Waals surface area contributed by atoms with E-state index in [9.17, 15) is 14.0 Å². The zero-order valence-electron chi connectivity index (χ0n) is 16.0. The van der Waals surface area contributed by atoms with E-state index in [0.717, 1.165) is 24.0 Å². The average molecular weight is 449 g/mol. The highest BCUT2D eigenvalue weighted by Gasteiger charge is 2.41. The van der Waals surface area contributed by atoms with Crippen molar-refractivity contribution in [1.82, 2.24) is 14.9 Å². The molecule has 148 valence electrons. The lowest BCUT2D eigenvalue weighted by atomic mass is 9.75. The normalized spacial score (nSPS) is 19.9. The molecule has 1 aromatic heterocycles. The van der Waals surface area contributed by atoms with Gasteiger partial charge in [0, 0.05) is 17.0 Å². The Balaban J connectivity index is 1.84. The number of aromatic nitrogens is 2. The Kier molecular flexibility index (Phi) is 4.37. The largest absolute Gasteiger partial charge is 0.364 e. The van der Waals surface area contributed by atoms with Crippen molar-refractivity contribution in [2.45, 2.75) is 52.1 Å². The van der Waals surface area contributed by atoms with Crippen molar-refractivity contribution in [2.24, 2.45) is 11.1 Å². The molecule has 0 unspecified atom stereocenters. The van der Waals surface area contributed by atoms with E-state index < -0.39 is 11.3 Å². The average Bonchev–Trinajstić information content (AvgIpc) is 2.81. The van der Waals surface area contributed by atoms with E-state index in [1.165, 1.54) is 0 Å². The minimum Gasteiger partial charge on any atom is -0.364 e. The van der Waals surface area contributed by atoms with Crippen LogP contribution in [0.4, 0.5) is 4.39 Å². The third-order valence-corrected chi connectivity index (χ3v) is 6.20. The Labute approximate surface area is 170 Å². The van der Waals surface area contributed by atoms with Crippen LogP contribution in [0.25, 0.3) is 11.4 Å². The summed E-state index contributed by atoms with van der Waals surface area (Å²) < 4.78 is 16.5. The minimum absolute atomic E-state index is 0.121. The summed E-state index contributed by atoms with van der Waals surface area (Å²) in [5.74, 6) is -0.203. The van der Waals surface area contributed by atoms with Crippen molar-refractivity contribution in [3.8, 4) is 11.4 Å². The lowest BCUT2D eigenvalue weighted by Gasteiger charge is -2.35. The van der Waals surface area contributed by atoms with Crippen LogP contribution in [0.5, 0.6) is 0 Å². The number of amides is 2. The van der Waals surface area contributed by atoms with E-state index in [1.54, 1.807) is 12.1 Å². The second-order valence-corrected chi connectivity index (χ2v) is 9.43. The zero-order valence-corrected chi connectivity index (χ0v) is 17.6. The fraction of sp³-hybridized carbons (Fsp3) is 0.450. The number of benzene rings is 1. The predicted molar refractivity (Wildman–Crippen MR) is 106 cm³/mol. The van der Waals surface area contributed by atoms with E-state index in [0.29, 0.717) is 16.0 Å². The van der Waals surface area contributed by atoms with Gasteiger partial charge < -0.3 is 15.6 Å². The van der Waals surface area contributed by atoms with E-state index in [4.69, 9.17) is 5.73 Å². The summed E-state index contributed by atoms with van der Waals surface area (Å²) in [6.45, 7) is 5.65. The minimum atomic E-state index is -0.640. The maximum atomic E-state index is 14.1. The van der Waals surface area contributed by atoms with Gasteiger partial charge in [0.05, 0.1) is 16.7 Å². The fourth-order valence-corrected chi connectivity index (χ4v) is 4.33. The molecule has 5 rings (SSSR count). The molecule has 0 spiro atoms. The monoisotopic (exact) mass is 448 g/mol. The van der Waals surface area contributed by atoms with Crippen LogP contribution in [0.15, 0.2) is 16.6 Å². The number of rotatable bonds is 3.